The van der Waals surface area contributed by atoms with E-state index >= 15 is 0 Å². The number of hydrogen-bond acceptors (Lipinski definition) is 2. The van der Waals surface area contributed by atoms with E-state index in [4.69, 9.17) is 5.11 Å². The molecule has 15 heavy (non-hydrogen) atoms. The van der Waals surface area contributed by atoms with Crippen LogP contribution in [0.25, 0.3) is 0 Å². The Morgan fingerprint density at radius 3 is 2.07 bits per heavy atom. The molecular formula is C6H7F6NO2. The van der Waals surface area contributed by atoms with E-state index in [-0.39, 0.29) is 0 Å². The maximum absolute atomic E-state index is 12.4. The van der Waals surface area contributed by atoms with E-state index in [0.717, 1.165) is 0 Å². The van der Waals surface area contributed by atoms with Crippen LogP contribution in [0.15, 0.2) is 0 Å². The van der Waals surface area contributed by atoms with E-state index < -0.39 is 37.3 Å². The van der Waals surface area contributed by atoms with Crippen molar-refractivity contribution >= 4 is 5.91 Å². The predicted molar refractivity (Wildman–Crippen MR) is 36.0 cm³/mol. The van der Waals surface area contributed by atoms with Crippen LogP contribution in [0.4, 0.5) is 26.3 Å². The highest BCUT2D eigenvalue weighted by Crippen LogP contribution is 2.39. The molecule has 0 spiro atoms. The normalized spacial score (nSPS) is 13.1. The van der Waals surface area contributed by atoms with Gasteiger partial charge in [0.05, 0.1) is 6.61 Å². The minimum Gasteiger partial charge on any atom is -0.395 e. The van der Waals surface area contributed by atoms with Crippen LogP contribution in [0, 0.1) is 0 Å². The second kappa shape index (κ2) is 4.69. The quantitative estimate of drug-likeness (QED) is 0.691. The lowest BCUT2D eigenvalue weighted by atomic mass is 10.1. The predicted octanol–water partition coefficient (Wildman–Crippen LogP) is 0.631. The summed E-state index contributed by atoms with van der Waals surface area (Å²) in [5.41, 5.74) is 0. The van der Waals surface area contributed by atoms with Crippen LogP contribution in [-0.4, -0.2) is 42.4 Å². The maximum Gasteiger partial charge on any atom is 0.392 e. The monoisotopic (exact) mass is 239 g/mol. The standard InChI is InChI=1S/C6H7F6NO2/c7-3(8)5(9,10)6(11,12)4(15)13-1-2-14/h3,14H,1-2H2,(H,13,15). The highest BCUT2D eigenvalue weighted by molar-refractivity contribution is 5.84. The van der Waals surface area contributed by atoms with Crippen LogP contribution in [0.3, 0.4) is 0 Å². The van der Waals surface area contributed by atoms with Crippen molar-refractivity contribution in [3.05, 3.63) is 0 Å². The van der Waals surface area contributed by atoms with E-state index in [1.54, 1.807) is 0 Å². The topological polar surface area (TPSA) is 49.3 Å². The molecule has 0 saturated heterocycles. The van der Waals surface area contributed by atoms with Gasteiger partial charge in [0.25, 0.3) is 5.91 Å². The molecule has 90 valence electrons. The van der Waals surface area contributed by atoms with Gasteiger partial charge in [-0.1, -0.05) is 0 Å². The van der Waals surface area contributed by atoms with Crippen molar-refractivity contribution in [3.8, 4) is 0 Å². The number of aliphatic hydroxyl groups is 1. The third-order valence-electron chi connectivity index (χ3n) is 1.38. The lowest BCUT2D eigenvalue weighted by Gasteiger charge is -2.24. The number of halogens is 6. The summed E-state index contributed by atoms with van der Waals surface area (Å²) in [6, 6.07) is 0. The molecule has 0 rings (SSSR count). The number of hydrogen-bond donors (Lipinski definition) is 2. The molecule has 0 unspecified atom stereocenters. The van der Waals surface area contributed by atoms with E-state index in [1.165, 1.54) is 5.32 Å². The van der Waals surface area contributed by atoms with Gasteiger partial charge < -0.3 is 10.4 Å². The molecule has 0 heterocycles. The highest BCUT2D eigenvalue weighted by Gasteiger charge is 2.67. The lowest BCUT2D eigenvalue weighted by molar-refractivity contribution is -0.254. The van der Waals surface area contributed by atoms with Crippen LogP contribution in [-0.2, 0) is 4.79 Å². The minimum absolute atomic E-state index is 0.728. The van der Waals surface area contributed by atoms with Gasteiger partial charge in [0.2, 0.25) is 0 Å². The largest absolute Gasteiger partial charge is 0.395 e. The van der Waals surface area contributed by atoms with Crippen LogP contribution in [0.1, 0.15) is 0 Å². The summed E-state index contributed by atoms with van der Waals surface area (Å²) in [6.45, 7) is -1.50. The summed E-state index contributed by atoms with van der Waals surface area (Å²) >= 11 is 0. The van der Waals surface area contributed by atoms with Crippen LogP contribution >= 0.6 is 0 Å². The fraction of sp³-hybridized carbons (Fsp3) is 0.833. The van der Waals surface area contributed by atoms with Gasteiger partial charge in [0.15, 0.2) is 0 Å². The van der Waals surface area contributed by atoms with Gasteiger partial charge >= 0.3 is 18.3 Å². The fourth-order valence-electron chi connectivity index (χ4n) is 0.569. The second-order valence-corrected chi connectivity index (χ2v) is 2.48. The van der Waals surface area contributed by atoms with Gasteiger partial charge in [0.1, 0.15) is 0 Å². The first kappa shape index (κ1) is 14.0. The first-order valence-corrected chi connectivity index (χ1v) is 3.60. The van der Waals surface area contributed by atoms with E-state index in [0.29, 0.717) is 0 Å². The van der Waals surface area contributed by atoms with Gasteiger partial charge in [0, 0.05) is 6.54 Å². The molecule has 1 amide bonds. The van der Waals surface area contributed by atoms with E-state index in [9.17, 15) is 31.1 Å². The number of carbonyl (C=O) groups excluding carboxylic acids is 1. The molecule has 0 saturated carbocycles. The molecule has 0 aromatic rings. The molecule has 9 heteroatoms. The van der Waals surface area contributed by atoms with Gasteiger partial charge in [-0.2, -0.15) is 17.6 Å². The van der Waals surface area contributed by atoms with E-state index in [2.05, 4.69) is 0 Å². The number of alkyl halides is 6. The smallest absolute Gasteiger partial charge is 0.392 e. The summed E-state index contributed by atoms with van der Waals surface area (Å²) in [7, 11) is 0. The fourth-order valence-corrected chi connectivity index (χ4v) is 0.569. The minimum atomic E-state index is -5.74. The van der Waals surface area contributed by atoms with Crippen molar-refractivity contribution in [2.24, 2.45) is 0 Å². The zero-order chi connectivity index (χ0) is 12.3. The first-order valence-electron chi connectivity index (χ1n) is 3.60. The molecule has 0 aliphatic rings. The summed E-state index contributed by atoms with van der Waals surface area (Å²) in [4.78, 5) is 10.4. The molecule has 3 nitrogen and oxygen atoms in total. The van der Waals surface area contributed by atoms with Crippen LogP contribution in [0.2, 0.25) is 0 Å². The van der Waals surface area contributed by atoms with Gasteiger partial charge in [-0.15, -0.1) is 0 Å². The van der Waals surface area contributed by atoms with Crippen molar-refractivity contribution in [2.75, 3.05) is 13.2 Å². The molecule has 0 aliphatic heterocycles. The Bertz CT molecular complexity index is 232. The zero-order valence-electron chi connectivity index (χ0n) is 7.11. The van der Waals surface area contributed by atoms with Crippen molar-refractivity contribution in [3.63, 3.8) is 0 Å². The number of carbonyl (C=O) groups is 1. The molecule has 0 aliphatic carbocycles. The number of aliphatic hydroxyl groups excluding tert-OH is 1. The zero-order valence-corrected chi connectivity index (χ0v) is 7.11. The first-order chi connectivity index (χ1) is 6.67. The Balaban J connectivity index is 4.72. The molecule has 0 fully saturated rings. The lowest BCUT2D eigenvalue weighted by Crippen LogP contribution is -2.56. The highest BCUT2D eigenvalue weighted by atomic mass is 19.3. The average Bonchev–Trinajstić information content (AvgIpc) is 2.13. The Morgan fingerprint density at radius 2 is 1.73 bits per heavy atom. The number of nitrogens with one attached hydrogen (secondary N) is 1. The molecular weight excluding hydrogens is 232 g/mol. The Morgan fingerprint density at radius 1 is 1.27 bits per heavy atom. The van der Waals surface area contributed by atoms with Gasteiger partial charge in [-0.3, -0.25) is 4.79 Å². The summed E-state index contributed by atoms with van der Waals surface area (Å²) in [5.74, 6) is -13.8. The SMILES string of the molecule is O=C(NCCO)C(F)(F)C(F)(F)C(F)F. The summed E-state index contributed by atoms with van der Waals surface area (Å²) < 4.78 is 72.3. The Kier molecular flexibility index (Phi) is 4.38. The molecule has 0 aromatic carbocycles. The van der Waals surface area contributed by atoms with Crippen LogP contribution in [0.5, 0.6) is 0 Å². The average molecular weight is 239 g/mol. The molecule has 0 radical (unpaired) electrons. The van der Waals surface area contributed by atoms with E-state index in [1.807, 2.05) is 0 Å². The maximum atomic E-state index is 12.4. The summed E-state index contributed by atoms with van der Waals surface area (Å²) in [6.07, 6.45) is -4.66. The number of amides is 1. The van der Waals surface area contributed by atoms with Crippen molar-refractivity contribution in [2.45, 2.75) is 18.3 Å². The molecule has 2 N–H and O–H groups in total. The third-order valence-corrected chi connectivity index (χ3v) is 1.38. The molecule has 0 bridgehead atoms. The number of rotatable bonds is 5. The molecule has 0 atom stereocenters. The second-order valence-electron chi connectivity index (χ2n) is 2.48. The Hall–Kier alpha value is -0.990. The van der Waals surface area contributed by atoms with Crippen molar-refractivity contribution in [1.29, 1.82) is 0 Å². The van der Waals surface area contributed by atoms with Gasteiger partial charge in [-0.25, -0.2) is 8.78 Å². The summed E-state index contributed by atoms with van der Waals surface area (Å²) in [5, 5.41) is 9.28. The van der Waals surface area contributed by atoms with Crippen molar-refractivity contribution in [1.82, 2.24) is 5.32 Å². The van der Waals surface area contributed by atoms with Crippen molar-refractivity contribution < 1.29 is 36.2 Å². The third kappa shape index (κ3) is 2.74. The van der Waals surface area contributed by atoms with Gasteiger partial charge in [-0.05, 0) is 0 Å². The Labute approximate surface area is 80.1 Å². The van der Waals surface area contributed by atoms with Crippen LogP contribution < -0.4 is 5.32 Å². The molecule has 0 aromatic heterocycles.